The Morgan fingerprint density at radius 1 is 1.50 bits per heavy atom. The van der Waals surface area contributed by atoms with Gasteiger partial charge in [-0.1, -0.05) is 0 Å². The summed E-state index contributed by atoms with van der Waals surface area (Å²) >= 11 is 0. The molecule has 0 aliphatic rings. The predicted molar refractivity (Wildman–Crippen MR) is 60.7 cm³/mol. The van der Waals surface area contributed by atoms with Gasteiger partial charge in [0.1, 0.15) is 17.7 Å². The topological polar surface area (TPSA) is 59.3 Å². The molecule has 16 heavy (non-hydrogen) atoms. The molecule has 0 aliphatic heterocycles. The van der Waals surface area contributed by atoms with E-state index in [1.807, 2.05) is 24.3 Å². The zero-order valence-corrected chi connectivity index (χ0v) is 9.61. The van der Waals surface area contributed by atoms with E-state index in [0.29, 0.717) is 12.2 Å². The SMILES string of the molecule is CNCC(=O)c1nc2cc(C)ncn2c1C. The van der Waals surface area contributed by atoms with Crippen molar-refractivity contribution in [2.24, 2.45) is 0 Å². The van der Waals surface area contributed by atoms with Gasteiger partial charge < -0.3 is 5.32 Å². The second-order valence-electron chi connectivity index (χ2n) is 3.76. The minimum Gasteiger partial charge on any atom is -0.313 e. The maximum Gasteiger partial charge on any atom is 0.196 e. The summed E-state index contributed by atoms with van der Waals surface area (Å²) in [7, 11) is 1.74. The van der Waals surface area contributed by atoms with Crippen LogP contribution in [0.1, 0.15) is 21.9 Å². The Morgan fingerprint density at radius 2 is 2.25 bits per heavy atom. The van der Waals surface area contributed by atoms with Gasteiger partial charge in [-0.15, -0.1) is 0 Å². The first-order valence-corrected chi connectivity index (χ1v) is 5.12. The molecule has 0 saturated heterocycles. The number of carbonyl (C=O) groups is 1. The van der Waals surface area contributed by atoms with Crippen molar-refractivity contribution >= 4 is 11.4 Å². The van der Waals surface area contributed by atoms with Crippen molar-refractivity contribution in [3.63, 3.8) is 0 Å². The molecule has 2 heterocycles. The smallest absolute Gasteiger partial charge is 0.196 e. The third-order valence-electron chi connectivity index (χ3n) is 2.49. The average Bonchev–Trinajstić information content (AvgIpc) is 2.56. The average molecular weight is 218 g/mol. The minimum absolute atomic E-state index is 0.00125. The lowest BCUT2D eigenvalue weighted by molar-refractivity contribution is 0.0989. The molecular formula is C11H14N4O. The molecule has 2 rings (SSSR count). The van der Waals surface area contributed by atoms with Gasteiger partial charge in [0, 0.05) is 11.8 Å². The van der Waals surface area contributed by atoms with E-state index in [1.165, 1.54) is 0 Å². The zero-order chi connectivity index (χ0) is 11.7. The number of hydrogen-bond donors (Lipinski definition) is 1. The number of Topliss-reactive ketones (excluding diaryl/α,β-unsaturated/α-hetero) is 1. The lowest BCUT2D eigenvalue weighted by atomic mass is 10.2. The summed E-state index contributed by atoms with van der Waals surface area (Å²) in [5.41, 5.74) is 3.01. The fourth-order valence-electron chi connectivity index (χ4n) is 1.66. The first-order chi connectivity index (χ1) is 7.63. The molecule has 0 spiro atoms. The molecule has 0 aliphatic carbocycles. The van der Waals surface area contributed by atoms with Crippen molar-refractivity contribution < 1.29 is 4.79 Å². The van der Waals surface area contributed by atoms with Crippen LogP contribution in [0.5, 0.6) is 0 Å². The molecule has 5 heteroatoms. The van der Waals surface area contributed by atoms with Crippen LogP contribution in [-0.2, 0) is 0 Å². The van der Waals surface area contributed by atoms with Gasteiger partial charge in [0.15, 0.2) is 5.78 Å². The molecule has 0 saturated carbocycles. The summed E-state index contributed by atoms with van der Waals surface area (Å²) < 4.78 is 1.83. The summed E-state index contributed by atoms with van der Waals surface area (Å²) in [6, 6.07) is 1.86. The van der Waals surface area contributed by atoms with Crippen LogP contribution < -0.4 is 5.32 Å². The molecule has 0 bridgehead atoms. The highest BCUT2D eigenvalue weighted by molar-refractivity contribution is 5.97. The van der Waals surface area contributed by atoms with Crippen LogP contribution >= 0.6 is 0 Å². The molecule has 0 fully saturated rings. The van der Waals surface area contributed by atoms with Gasteiger partial charge in [0.05, 0.1) is 12.2 Å². The van der Waals surface area contributed by atoms with Crippen molar-refractivity contribution in [2.45, 2.75) is 13.8 Å². The number of ketones is 1. The van der Waals surface area contributed by atoms with E-state index in [-0.39, 0.29) is 5.78 Å². The number of nitrogens with one attached hydrogen (secondary N) is 1. The monoisotopic (exact) mass is 218 g/mol. The second-order valence-corrected chi connectivity index (χ2v) is 3.76. The van der Waals surface area contributed by atoms with E-state index < -0.39 is 0 Å². The number of aromatic nitrogens is 3. The highest BCUT2D eigenvalue weighted by Crippen LogP contribution is 2.12. The summed E-state index contributed by atoms with van der Waals surface area (Å²) in [4.78, 5) is 20.3. The van der Waals surface area contributed by atoms with Crippen molar-refractivity contribution in [2.75, 3.05) is 13.6 Å². The Bertz CT molecular complexity index is 544. The number of fused-ring (bicyclic) bond motifs is 1. The number of likely N-dealkylation sites (N-methyl/N-ethyl adjacent to an activating group) is 1. The van der Waals surface area contributed by atoms with Crippen molar-refractivity contribution in [3.05, 3.63) is 29.5 Å². The molecular weight excluding hydrogens is 204 g/mol. The Hall–Kier alpha value is -1.75. The number of imidazole rings is 1. The molecule has 1 N–H and O–H groups in total. The van der Waals surface area contributed by atoms with Gasteiger partial charge in [-0.25, -0.2) is 9.97 Å². The first-order valence-electron chi connectivity index (χ1n) is 5.12. The third kappa shape index (κ3) is 1.69. The van der Waals surface area contributed by atoms with E-state index in [0.717, 1.165) is 17.0 Å². The fraction of sp³-hybridized carbons (Fsp3) is 0.364. The maximum absolute atomic E-state index is 11.8. The van der Waals surface area contributed by atoms with Gasteiger partial charge in [-0.3, -0.25) is 9.20 Å². The fourth-order valence-corrected chi connectivity index (χ4v) is 1.66. The molecule has 0 radical (unpaired) electrons. The van der Waals surface area contributed by atoms with Gasteiger partial charge in [-0.05, 0) is 20.9 Å². The van der Waals surface area contributed by atoms with Crippen LogP contribution in [-0.4, -0.2) is 33.7 Å². The largest absolute Gasteiger partial charge is 0.313 e. The van der Waals surface area contributed by atoms with E-state index >= 15 is 0 Å². The van der Waals surface area contributed by atoms with Crippen LogP contribution in [0.25, 0.3) is 5.65 Å². The quantitative estimate of drug-likeness (QED) is 0.772. The van der Waals surface area contributed by atoms with E-state index in [2.05, 4.69) is 15.3 Å². The van der Waals surface area contributed by atoms with Crippen molar-refractivity contribution in [1.29, 1.82) is 0 Å². The maximum atomic E-state index is 11.8. The van der Waals surface area contributed by atoms with Crippen LogP contribution in [0.2, 0.25) is 0 Å². The summed E-state index contributed by atoms with van der Waals surface area (Å²) in [5, 5.41) is 2.83. The first kappa shape index (κ1) is 10.8. The molecule has 84 valence electrons. The van der Waals surface area contributed by atoms with Crippen molar-refractivity contribution in [3.8, 4) is 0 Å². The van der Waals surface area contributed by atoms with Gasteiger partial charge >= 0.3 is 0 Å². The second kappa shape index (κ2) is 4.02. The molecule has 0 atom stereocenters. The highest BCUT2D eigenvalue weighted by atomic mass is 16.1. The lowest BCUT2D eigenvalue weighted by Crippen LogP contribution is -2.19. The normalized spacial score (nSPS) is 10.9. The van der Waals surface area contributed by atoms with Crippen LogP contribution in [0.15, 0.2) is 12.4 Å². The summed E-state index contributed by atoms with van der Waals surface area (Å²) in [6.07, 6.45) is 1.70. The van der Waals surface area contributed by atoms with E-state index in [9.17, 15) is 4.79 Å². The number of carbonyl (C=O) groups excluding carboxylic acids is 1. The molecule has 0 amide bonds. The van der Waals surface area contributed by atoms with E-state index in [4.69, 9.17) is 0 Å². The molecule has 5 nitrogen and oxygen atoms in total. The number of rotatable bonds is 3. The number of nitrogens with zero attached hydrogens (tertiary/aromatic N) is 3. The third-order valence-corrected chi connectivity index (χ3v) is 2.49. The highest BCUT2D eigenvalue weighted by Gasteiger charge is 2.14. The summed E-state index contributed by atoms with van der Waals surface area (Å²) in [5.74, 6) is 0.00125. The van der Waals surface area contributed by atoms with Crippen LogP contribution in [0.4, 0.5) is 0 Å². The molecule has 2 aromatic rings. The van der Waals surface area contributed by atoms with Gasteiger partial charge in [-0.2, -0.15) is 0 Å². The molecule has 0 unspecified atom stereocenters. The standard InChI is InChI=1S/C11H14N4O/c1-7-4-10-14-11(9(16)5-12-3)8(2)15(10)6-13-7/h4,6,12H,5H2,1-3H3. The van der Waals surface area contributed by atoms with Crippen LogP contribution in [0.3, 0.4) is 0 Å². The Morgan fingerprint density at radius 3 is 2.94 bits per heavy atom. The molecule has 2 aromatic heterocycles. The van der Waals surface area contributed by atoms with E-state index in [1.54, 1.807) is 13.4 Å². The lowest BCUT2D eigenvalue weighted by Gasteiger charge is -1.97. The predicted octanol–water partition coefficient (Wildman–Crippen LogP) is 0.748. The van der Waals surface area contributed by atoms with Gasteiger partial charge in [0.2, 0.25) is 0 Å². The summed E-state index contributed by atoms with van der Waals surface area (Å²) in [6.45, 7) is 4.08. The van der Waals surface area contributed by atoms with Gasteiger partial charge in [0.25, 0.3) is 0 Å². The Labute approximate surface area is 93.5 Å². The molecule has 0 aromatic carbocycles. The Balaban J connectivity index is 2.55. The number of hydrogen-bond acceptors (Lipinski definition) is 4. The van der Waals surface area contributed by atoms with Crippen molar-refractivity contribution in [1.82, 2.24) is 19.7 Å². The van der Waals surface area contributed by atoms with Crippen LogP contribution in [0, 0.1) is 13.8 Å². The minimum atomic E-state index is 0.00125. The number of aryl methyl sites for hydroxylation is 2. The zero-order valence-electron chi connectivity index (χ0n) is 9.61. The Kier molecular flexibility index (Phi) is 2.70.